The molecule has 0 saturated carbocycles. The first-order chi connectivity index (χ1) is 6.24. The van der Waals surface area contributed by atoms with Gasteiger partial charge in [-0.05, 0) is 19.9 Å². The number of carbonyl (C=O) groups is 1. The minimum Gasteiger partial charge on any atom is -0.465 e. The Hall–Kier alpha value is -0.810. The van der Waals surface area contributed by atoms with Crippen molar-refractivity contribution in [2.24, 2.45) is 0 Å². The fourth-order valence-corrected chi connectivity index (χ4v) is 1.55. The summed E-state index contributed by atoms with van der Waals surface area (Å²) in [5, 5.41) is 14.1. The molecule has 1 saturated heterocycles. The number of hydrogen-bond acceptors (Lipinski definition) is 3. The summed E-state index contributed by atoms with van der Waals surface area (Å²) in [4.78, 5) is 10.4. The van der Waals surface area contributed by atoms with Crippen LogP contribution in [0, 0.1) is 0 Å². The van der Waals surface area contributed by atoms with Crippen molar-refractivity contribution in [3.8, 4) is 0 Å². The molecule has 0 aromatic rings. The zero-order valence-corrected chi connectivity index (χ0v) is 7.75. The summed E-state index contributed by atoms with van der Waals surface area (Å²) in [6, 6.07) is -0.119. The summed E-state index contributed by atoms with van der Waals surface area (Å²) >= 11 is 0. The third-order valence-electron chi connectivity index (χ3n) is 2.11. The third-order valence-corrected chi connectivity index (χ3v) is 2.11. The Balaban J connectivity index is 2.41. The Morgan fingerprint density at radius 3 is 3.15 bits per heavy atom. The predicted molar refractivity (Wildman–Crippen MR) is 47.8 cm³/mol. The second-order valence-corrected chi connectivity index (χ2v) is 3.04. The van der Waals surface area contributed by atoms with Crippen molar-refractivity contribution in [3.63, 3.8) is 0 Å². The number of piperidine rings is 1. The van der Waals surface area contributed by atoms with Crippen molar-refractivity contribution in [2.75, 3.05) is 19.7 Å². The first-order valence-corrected chi connectivity index (χ1v) is 4.55. The molecule has 1 aliphatic rings. The number of amides is 1. The lowest BCUT2D eigenvalue weighted by atomic mass is 10.0. The molecular formula is C8H16N2O3. The maximum atomic E-state index is 10.4. The smallest absolute Gasteiger partial charge is 0.405 e. The van der Waals surface area contributed by atoms with Crippen LogP contribution in [0.15, 0.2) is 0 Å². The molecule has 0 radical (unpaired) electrons. The van der Waals surface area contributed by atoms with E-state index in [0.29, 0.717) is 13.2 Å². The zero-order chi connectivity index (χ0) is 9.68. The van der Waals surface area contributed by atoms with Gasteiger partial charge in [0.2, 0.25) is 0 Å². The van der Waals surface area contributed by atoms with Gasteiger partial charge < -0.3 is 20.5 Å². The molecule has 0 aliphatic carbocycles. The van der Waals surface area contributed by atoms with Crippen LogP contribution in [0.3, 0.4) is 0 Å². The van der Waals surface area contributed by atoms with Crippen LogP contribution < -0.4 is 10.6 Å². The normalized spacial score (nSPS) is 28.4. The molecule has 1 fully saturated rings. The van der Waals surface area contributed by atoms with Gasteiger partial charge in [0.25, 0.3) is 0 Å². The van der Waals surface area contributed by atoms with Crippen molar-refractivity contribution in [1.82, 2.24) is 10.6 Å². The fourth-order valence-electron chi connectivity index (χ4n) is 1.55. The Labute approximate surface area is 77.5 Å². The third kappa shape index (κ3) is 3.20. The molecule has 13 heavy (non-hydrogen) atoms. The van der Waals surface area contributed by atoms with Gasteiger partial charge in [-0.1, -0.05) is 0 Å². The van der Waals surface area contributed by atoms with E-state index in [1.54, 1.807) is 0 Å². The van der Waals surface area contributed by atoms with Crippen molar-refractivity contribution >= 4 is 6.09 Å². The van der Waals surface area contributed by atoms with Gasteiger partial charge in [0.15, 0.2) is 0 Å². The Kier molecular flexibility index (Phi) is 3.98. The first kappa shape index (κ1) is 10.3. The molecule has 1 heterocycles. The van der Waals surface area contributed by atoms with Gasteiger partial charge >= 0.3 is 6.09 Å². The molecule has 1 amide bonds. The standard InChI is InChI=1S/C8H16N2O3/c1-2-13-7-3-4-9-5-6(7)10-8(11)12/h6-7,9-10H,2-5H2,1H3,(H,11,12)/t6-,7-/m0/s1. The SMILES string of the molecule is CCO[C@H]1CCNC[C@@H]1NC(=O)O. The van der Waals surface area contributed by atoms with E-state index in [0.717, 1.165) is 13.0 Å². The van der Waals surface area contributed by atoms with Gasteiger partial charge in [-0.2, -0.15) is 0 Å². The van der Waals surface area contributed by atoms with Crippen LogP contribution in [0.25, 0.3) is 0 Å². The van der Waals surface area contributed by atoms with Crippen LogP contribution >= 0.6 is 0 Å². The largest absolute Gasteiger partial charge is 0.465 e. The van der Waals surface area contributed by atoms with Gasteiger partial charge in [-0.25, -0.2) is 4.79 Å². The Morgan fingerprint density at radius 1 is 1.77 bits per heavy atom. The van der Waals surface area contributed by atoms with Gasteiger partial charge in [0, 0.05) is 13.2 Å². The van der Waals surface area contributed by atoms with E-state index in [1.165, 1.54) is 0 Å². The van der Waals surface area contributed by atoms with Crippen LogP contribution in [0.4, 0.5) is 4.79 Å². The molecule has 0 aromatic carbocycles. The zero-order valence-electron chi connectivity index (χ0n) is 7.75. The van der Waals surface area contributed by atoms with Crippen molar-refractivity contribution in [1.29, 1.82) is 0 Å². The van der Waals surface area contributed by atoms with Crippen molar-refractivity contribution in [2.45, 2.75) is 25.5 Å². The van der Waals surface area contributed by atoms with E-state index in [-0.39, 0.29) is 12.1 Å². The van der Waals surface area contributed by atoms with E-state index < -0.39 is 6.09 Å². The van der Waals surface area contributed by atoms with Crippen LogP contribution in [0.5, 0.6) is 0 Å². The molecule has 3 N–H and O–H groups in total. The maximum absolute atomic E-state index is 10.4. The van der Waals surface area contributed by atoms with Crippen molar-refractivity contribution in [3.05, 3.63) is 0 Å². The molecule has 0 spiro atoms. The Morgan fingerprint density at radius 2 is 2.54 bits per heavy atom. The quantitative estimate of drug-likeness (QED) is 0.584. The minimum absolute atomic E-state index is 0.0161. The van der Waals surface area contributed by atoms with Crippen LogP contribution in [-0.2, 0) is 4.74 Å². The molecule has 1 rings (SSSR count). The predicted octanol–water partition coefficient (Wildman–Crippen LogP) is 0.0210. The number of nitrogens with one attached hydrogen (secondary N) is 2. The molecule has 76 valence electrons. The molecule has 0 bridgehead atoms. The average molecular weight is 188 g/mol. The lowest BCUT2D eigenvalue weighted by molar-refractivity contribution is 0.0186. The number of carboxylic acid groups (broad SMARTS) is 1. The van der Waals surface area contributed by atoms with Gasteiger partial charge in [-0.15, -0.1) is 0 Å². The van der Waals surface area contributed by atoms with Gasteiger partial charge in [-0.3, -0.25) is 0 Å². The highest BCUT2D eigenvalue weighted by molar-refractivity contribution is 5.65. The average Bonchev–Trinajstić information content (AvgIpc) is 2.08. The second-order valence-electron chi connectivity index (χ2n) is 3.04. The van der Waals surface area contributed by atoms with Crippen LogP contribution in [-0.4, -0.2) is 43.0 Å². The van der Waals surface area contributed by atoms with Crippen LogP contribution in [0.1, 0.15) is 13.3 Å². The highest BCUT2D eigenvalue weighted by Gasteiger charge is 2.26. The Bertz CT molecular complexity index is 173. The van der Waals surface area contributed by atoms with E-state index in [1.807, 2.05) is 6.92 Å². The van der Waals surface area contributed by atoms with E-state index >= 15 is 0 Å². The monoisotopic (exact) mass is 188 g/mol. The number of rotatable bonds is 3. The summed E-state index contributed by atoms with van der Waals surface area (Å²) in [6.07, 6.45) is -0.112. The second kappa shape index (κ2) is 5.04. The summed E-state index contributed by atoms with van der Waals surface area (Å²) in [5.41, 5.74) is 0. The number of hydrogen-bond donors (Lipinski definition) is 3. The molecule has 2 atom stereocenters. The van der Waals surface area contributed by atoms with Crippen LogP contribution in [0.2, 0.25) is 0 Å². The molecule has 5 heteroatoms. The summed E-state index contributed by atoms with van der Waals surface area (Å²) in [7, 11) is 0. The van der Waals surface area contributed by atoms with Crippen molar-refractivity contribution < 1.29 is 14.6 Å². The topological polar surface area (TPSA) is 70.6 Å². The highest BCUT2D eigenvalue weighted by Crippen LogP contribution is 2.08. The lowest BCUT2D eigenvalue weighted by Crippen LogP contribution is -2.54. The number of ether oxygens (including phenoxy) is 1. The lowest BCUT2D eigenvalue weighted by Gasteiger charge is -2.31. The van der Waals surface area contributed by atoms with E-state index in [4.69, 9.17) is 9.84 Å². The fraction of sp³-hybridized carbons (Fsp3) is 0.875. The molecular weight excluding hydrogens is 172 g/mol. The summed E-state index contributed by atoms with van der Waals surface area (Å²) < 4.78 is 5.43. The van der Waals surface area contributed by atoms with E-state index in [2.05, 4.69) is 10.6 Å². The molecule has 0 unspecified atom stereocenters. The van der Waals surface area contributed by atoms with Gasteiger partial charge in [0.05, 0.1) is 12.1 Å². The first-order valence-electron chi connectivity index (χ1n) is 4.55. The molecule has 0 aromatic heterocycles. The highest BCUT2D eigenvalue weighted by atomic mass is 16.5. The molecule has 1 aliphatic heterocycles. The van der Waals surface area contributed by atoms with Gasteiger partial charge in [0.1, 0.15) is 0 Å². The maximum Gasteiger partial charge on any atom is 0.405 e. The summed E-state index contributed by atoms with van der Waals surface area (Å²) in [5.74, 6) is 0. The van der Waals surface area contributed by atoms with E-state index in [9.17, 15) is 4.79 Å². The summed E-state index contributed by atoms with van der Waals surface area (Å²) in [6.45, 7) is 4.09. The molecule has 5 nitrogen and oxygen atoms in total. The minimum atomic E-state index is -0.988.